The minimum atomic E-state index is -0.316. The molecular formula is C19H23N3O4. The maximum Gasteiger partial charge on any atom is 0.249 e. The first-order valence-electron chi connectivity index (χ1n) is 8.00. The number of carbonyl (C=O) groups is 1. The van der Waals surface area contributed by atoms with Gasteiger partial charge in [0, 0.05) is 13.1 Å². The lowest BCUT2D eigenvalue weighted by Crippen LogP contribution is -2.25. The molecule has 4 N–H and O–H groups in total. The van der Waals surface area contributed by atoms with Crippen LogP contribution in [-0.2, 0) is 22.7 Å². The van der Waals surface area contributed by atoms with E-state index in [4.69, 9.17) is 20.2 Å². The summed E-state index contributed by atoms with van der Waals surface area (Å²) in [5, 5.41) is 5.73. The first-order chi connectivity index (χ1) is 12.6. The molecule has 7 nitrogen and oxygen atoms in total. The van der Waals surface area contributed by atoms with Crippen LogP contribution in [0.3, 0.4) is 0 Å². The molecule has 1 amide bonds. The molecule has 2 aromatic carbocycles. The third-order valence-corrected chi connectivity index (χ3v) is 3.64. The molecule has 0 aliphatic carbocycles. The number of benzene rings is 2. The molecule has 0 radical (unpaired) electrons. The highest BCUT2D eigenvalue weighted by molar-refractivity contribution is 5.87. The second-order valence-corrected chi connectivity index (χ2v) is 5.39. The molecule has 0 aliphatic heterocycles. The van der Waals surface area contributed by atoms with Crippen LogP contribution in [0.1, 0.15) is 11.1 Å². The van der Waals surface area contributed by atoms with Gasteiger partial charge >= 0.3 is 0 Å². The number of nitrogens with one attached hydrogen (secondary N) is 2. The van der Waals surface area contributed by atoms with Crippen molar-refractivity contribution >= 4 is 5.91 Å². The summed E-state index contributed by atoms with van der Waals surface area (Å²) in [5.41, 5.74) is 1.95. The van der Waals surface area contributed by atoms with Gasteiger partial charge < -0.3 is 24.9 Å². The number of methoxy groups -OCH3 is 2. The third kappa shape index (κ3) is 6.03. The van der Waals surface area contributed by atoms with E-state index in [1.807, 2.05) is 48.5 Å². The maximum absolute atomic E-state index is 12.0. The Labute approximate surface area is 152 Å². The van der Waals surface area contributed by atoms with Crippen molar-refractivity contribution in [2.24, 2.45) is 5.90 Å². The van der Waals surface area contributed by atoms with Crippen LogP contribution < -0.4 is 26.0 Å². The molecule has 0 spiro atoms. The van der Waals surface area contributed by atoms with Crippen LogP contribution >= 0.6 is 0 Å². The summed E-state index contributed by atoms with van der Waals surface area (Å²) in [6.07, 6.45) is 1.27. The van der Waals surface area contributed by atoms with Gasteiger partial charge in [0.2, 0.25) is 11.8 Å². The minimum absolute atomic E-state index is 0.174. The average Bonchev–Trinajstić information content (AvgIpc) is 2.70. The van der Waals surface area contributed by atoms with E-state index in [9.17, 15) is 4.79 Å². The van der Waals surface area contributed by atoms with Crippen LogP contribution in [0, 0.1) is 0 Å². The standard InChI is InChI=1S/C19H23N3O4/c1-24-16-7-3-14(4-8-16)12-21-18(23)11-19(26-20)22-13-15-5-9-17(25-2)10-6-15/h3-11,22H,12-13,20H2,1-2H3,(H,21,23)/b19-11+. The number of nitrogens with two attached hydrogens (primary N) is 1. The zero-order valence-electron chi connectivity index (χ0n) is 14.8. The first kappa shape index (κ1) is 19.1. The van der Waals surface area contributed by atoms with Gasteiger partial charge in [-0.1, -0.05) is 24.3 Å². The van der Waals surface area contributed by atoms with Crippen molar-refractivity contribution in [1.29, 1.82) is 0 Å². The molecule has 0 aromatic heterocycles. The Bertz CT molecular complexity index is 727. The van der Waals surface area contributed by atoms with E-state index in [2.05, 4.69) is 10.6 Å². The topological polar surface area (TPSA) is 94.8 Å². The first-order valence-corrected chi connectivity index (χ1v) is 8.00. The minimum Gasteiger partial charge on any atom is -0.497 e. The van der Waals surface area contributed by atoms with Gasteiger partial charge in [0.25, 0.3) is 0 Å². The van der Waals surface area contributed by atoms with Crippen LogP contribution in [0.4, 0.5) is 0 Å². The Kier molecular flexibility index (Phi) is 7.32. The molecule has 0 aliphatic rings. The highest BCUT2D eigenvalue weighted by Gasteiger charge is 2.04. The number of carbonyl (C=O) groups excluding carboxylic acids is 1. The van der Waals surface area contributed by atoms with Crippen LogP contribution in [0.15, 0.2) is 60.5 Å². The molecule has 26 heavy (non-hydrogen) atoms. The lowest BCUT2D eigenvalue weighted by Gasteiger charge is -2.10. The van der Waals surface area contributed by atoms with Crippen LogP contribution in [0.2, 0.25) is 0 Å². The Balaban J connectivity index is 1.84. The molecule has 0 unspecified atom stereocenters. The third-order valence-electron chi connectivity index (χ3n) is 3.64. The van der Waals surface area contributed by atoms with Gasteiger partial charge in [-0.2, -0.15) is 5.90 Å². The lowest BCUT2D eigenvalue weighted by atomic mass is 10.2. The van der Waals surface area contributed by atoms with E-state index in [1.165, 1.54) is 6.08 Å². The molecule has 0 atom stereocenters. The van der Waals surface area contributed by atoms with E-state index in [0.717, 1.165) is 22.6 Å². The van der Waals surface area contributed by atoms with Crippen LogP contribution in [0.5, 0.6) is 11.5 Å². The van der Waals surface area contributed by atoms with Crippen molar-refractivity contribution in [1.82, 2.24) is 10.6 Å². The summed E-state index contributed by atoms with van der Waals surface area (Å²) in [5.74, 6) is 6.62. The van der Waals surface area contributed by atoms with E-state index >= 15 is 0 Å². The summed E-state index contributed by atoms with van der Waals surface area (Å²) in [6.45, 7) is 0.842. The molecule has 7 heteroatoms. The largest absolute Gasteiger partial charge is 0.497 e. The van der Waals surface area contributed by atoms with Crippen LogP contribution in [0.25, 0.3) is 0 Å². The van der Waals surface area contributed by atoms with Crippen molar-refractivity contribution in [3.63, 3.8) is 0 Å². The highest BCUT2D eigenvalue weighted by Crippen LogP contribution is 2.12. The van der Waals surface area contributed by atoms with Crippen LogP contribution in [-0.4, -0.2) is 20.1 Å². The maximum atomic E-state index is 12.0. The van der Waals surface area contributed by atoms with Gasteiger partial charge in [0.05, 0.1) is 20.3 Å². The lowest BCUT2D eigenvalue weighted by molar-refractivity contribution is -0.116. The molecule has 0 fully saturated rings. The summed E-state index contributed by atoms with van der Waals surface area (Å²) in [7, 11) is 3.22. The molecule has 2 aromatic rings. The molecule has 0 saturated carbocycles. The van der Waals surface area contributed by atoms with Gasteiger partial charge in [-0.3, -0.25) is 4.79 Å². The fraction of sp³-hybridized carbons (Fsp3) is 0.211. The summed E-state index contributed by atoms with van der Waals surface area (Å²) in [6, 6.07) is 14.9. The molecular weight excluding hydrogens is 334 g/mol. The summed E-state index contributed by atoms with van der Waals surface area (Å²) >= 11 is 0. The zero-order chi connectivity index (χ0) is 18.8. The second kappa shape index (κ2) is 9.95. The monoisotopic (exact) mass is 357 g/mol. The zero-order valence-corrected chi connectivity index (χ0v) is 14.8. The van der Waals surface area contributed by atoms with E-state index < -0.39 is 0 Å². The smallest absolute Gasteiger partial charge is 0.249 e. The van der Waals surface area contributed by atoms with Gasteiger partial charge in [0.1, 0.15) is 11.5 Å². The van der Waals surface area contributed by atoms with Crippen molar-refractivity contribution in [3.8, 4) is 11.5 Å². The molecule has 0 heterocycles. The van der Waals surface area contributed by atoms with Gasteiger partial charge in [-0.15, -0.1) is 0 Å². The summed E-state index contributed by atoms with van der Waals surface area (Å²) < 4.78 is 10.2. The number of rotatable bonds is 9. The van der Waals surface area contributed by atoms with E-state index in [0.29, 0.717) is 13.1 Å². The Morgan fingerprint density at radius 1 is 0.885 bits per heavy atom. The molecule has 0 bridgehead atoms. The van der Waals surface area contributed by atoms with Crippen molar-refractivity contribution < 1.29 is 19.1 Å². The van der Waals surface area contributed by atoms with E-state index in [1.54, 1.807) is 14.2 Å². The SMILES string of the molecule is COc1ccc(CNC(=O)/C=C(\NCc2ccc(OC)cc2)ON)cc1. The van der Waals surface area contributed by atoms with Crippen molar-refractivity contribution in [3.05, 3.63) is 71.6 Å². The fourth-order valence-electron chi connectivity index (χ4n) is 2.16. The van der Waals surface area contributed by atoms with Gasteiger partial charge in [-0.05, 0) is 35.4 Å². The number of amides is 1. The van der Waals surface area contributed by atoms with Crippen molar-refractivity contribution in [2.75, 3.05) is 14.2 Å². The Hall–Kier alpha value is -3.19. The van der Waals surface area contributed by atoms with Gasteiger partial charge in [-0.25, -0.2) is 0 Å². The normalized spacial score (nSPS) is 10.8. The average molecular weight is 357 g/mol. The fourth-order valence-corrected chi connectivity index (χ4v) is 2.16. The van der Waals surface area contributed by atoms with Gasteiger partial charge in [0.15, 0.2) is 0 Å². The molecule has 0 saturated heterocycles. The second-order valence-electron chi connectivity index (χ2n) is 5.39. The van der Waals surface area contributed by atoms with E-state index in [-0.39, 0.29) is 11.8 Å². The highest BCUT2D eigenvalue weighted by atomic mass is 16.6. The molecule has 138 valence electrons. The Morgan fingerprint density at radius 2 is 1.35 bits per heavy atom. The Morgan fingerprint density at radius 3 is 1.77 bits per heavy atom. The number of hydrogen-bond acceptors (Lipinski definition) is 6. The molecule has 2 rings (SSSR count). The summed E-state index contributed by atoms with van der Waals surface area (Å²) in [4.78, 5) is 16.7. The predicted octanol–water partition coefficient (Wildman–Crippen LogP) is 1.84. The number of ether oxygens (including phenoxy) is 2. The quantitative estimate of drug-likeness (QED) is 0.360. The predicted molar refractivity (Wildman–Crippen MR) is 98.0 cm³/mol. The van der Waals surface area contributed by atoms with Crippen molar-refractivity contribution in [2.45, 2.75) is 13.1 Å². The number of hydrogen-bond donors (Lipinski definition) is 3.